The molecule has 0 aliphatic carbocycles. The molecule has 0 unspecified atom stereocenters. The molecule has 1 heterocycles. The molecule has 0 fully saturated rings. The first kappa shape index (κ1) is 13.0. The van der Waals surface area contributed by atoms with Crippen molar-refractivity contribution in [1.29, 1.82) is 0 Å². The summed E-state index contributed by atoms with van der Waals surface area (Å²) >= 11 is 0. The van der Waals surface area contributed by atoms with Crippen molar-refractivity contribution in [1.82, 2.24) is 0 Å². The molecule has 5 heteroatoms. The number of furan rings is 1. The molecule has 2 rings (SSSR count). The molecular weight excluding hydrogens is 246 g/mol. The maximum atomic E-state index is 11.1. The zero-order chi connectivity index (χ0) is 13.7. The quantitative estimate of drug-likeness (QED) is 0.916. The van der Waals surface area contributed by atoms with Crippen LogP contribution in [0.1, 0.15) is 11.3 Å². The highest BCUT2D eigenvalue weighted by molar-refractivity contribution is 5.85. The molecule has 19 heavy (non-hydrogen) atoms. The van der Waals surface area contributed by atoms with Gasteiger partial charge in [0.15, 0.2) is 0 Å². The predicted octanol–water partition coefficient (Wildman–Crippen LogP) is 3.35. The number of aryl methyl sites for hydroxylation is 1. The van der Waals surface area contributed by atoms with Crippen LogP contribution in [0.3, 0.4) is 0 Å². The molecule has 0 bridgehead atoms. The van der Waals surface area contributed by atoms with Gasteiger partial charge < -0.3 is 13.9 Å². The fourth-order valence-electron chi connectivity index (χ4n) is 1.58. The number of hydrogen-bond acceptors (Lipinski definition) is 4. The number of nitrogens with one attached hydrogen (secondary N) is 1. The maximum absolute atomic E-state index is 11.1. The smallest absolute Gasteiger partial charge is 0.411 e. The fraction of sp³-hybridized carbons (Fsp3) is 0.214. The van der Waals surface area contributed by atoms with E-state index in [4.69, 9.17) is 9.15 Å². The summed E-state index contributed by atoms with van der Waals surface area (Å²) in [5, 5.41) is 2.62. The van der Waals surface area contributed by atoms with Gasteiger partial charge in [0.25, 0.3) is 0 Å². The minimum Gasteiger partial charge on any atom is -0.486 e. The van der Waals surface area contributed by atoms with Gasteiger partial charge in [0.05, 0.1) is 13.4 Å². The van der Waals surface area contributed by atoms with Gasteiger partial charge in [0.1, 0.15) is 18.1 Å². The average Bonchev–Trinajstić information content (AvgIpc) is 2.92. The van der Waals surface area contributed by atoms with Crippen LogP contribution < -0.4 is 10.1 Å². The van der Waals surface area contributed by atoms with E-state index in [-0.39, 0.29) is 0 Å². The second-order valence-corrected chi connectivity index (χ2v) is 3.96. The van der Waals surface area contributed by atoms with Crippen LogP contribution >= 0.6 is 0 Å². The Morgan fingerprint density at radius 1 is 1.37 bits per heavy atom. The number of carbonyl (C=O) groups excluding carboxylic acids is 1. The van der Waals surface area contributed by atoms with E-state index in [1.807, 2.05) is 25.1 Å². The molecule has 1 aromatic heterocycles. The Balaban J connectivity index is 2.00. The summed E-state index contributed by atoms with van der Waals surface area (Å²) in [4.78, 5) is 11.1. The third-order valence-electron chi connectivity index (χ3n) is 2.58. The zero-order valence-corrected chi connectivity index (χ0v) is 10.8. The van der Waals surface area contributed by atoms with Crippen molar-refractivity contribution in [3.05, 3.63) is 47.9 Å². The molecular formula is C14H15NO4. The molecule has 0 aliphatic rings. The standard InChI is InChI=1S/C14H15NO4/c1-10-8-11(19-9-12-4-3-7-18-12)5-6-13(10)15-14(16)17-2/h3-8H,9H2,1-2H3,(H,15,16). The van der Waals surface area contributed by atoms with E-state index >= 15 is 0 Å². The van der Waals surface area contributed by atoms with Crippen molar-refractivity contribution in [2.24, 2.45) is 0 Å². The monoisotopic (exact) mass is 261 g/mol. The van der Waals surface area contributed by atoms with E-state index in [1.54, 1.807) is 18.4 Å². The lowest BCUT2D eigenvalue weighted by Gasteiger charge is -2.10. The SMILES string of the molecule is COC(=O)Nc1ccc(OCc2ccco2)cc1C. The Bertz CT molecular complexity index is 549. The lowest BCUT2D eigenvalue weighted by molar-refractivity contribution is 0.187. The van der Waals surface area contributed by atoms with E-state index in [1.165, 1.54) is 7.11 Å². The van der Waals surface area contributed by atoms with E-state index in [0.717, 1.165) is 11.3 Å². The Morgan fingerprint density at radius 2 is 2.21 bits per heavy atom. The van der Waals surface area contributed by atoms with Crippen LogP contribution in [0.15, 0.2) is 41.0 Å². The van der Waals surface area contributed by atoms with Gasteiger partial charge in [-0.1, -0.05) is 0 Å². The normalized spacial score (nSPS) is 10.0. The van der Waals surface area contributed by atoms with Crippen LogP contribution in [-0.2, 0) is 11.3 Å². The third kappa shape index (κ3) is 3.51. The average molecular weight is 261 g/mol. The molecule has 0 atom stereocenters. The maximum Gasteiger partial charge on any atom is 0.411 e. The molecule has 5 nitrogen and oxygen atoms in total. The Morgan fingerprint density at radius 3 is 2.84 bits per heavy atom. The van der Waals surface area contributed by atoms with E-state index in [2.05, 4.69) is 10.1 Å². The molecule has 0 radical (unpaired) electrons. The molecule has 0 saturated carbocycles. The summed E-state index contributed by atoms with van der Waals surface area (Å²) < 4.78 is 15.3. The number of amides is 1. The van der Waals surface area contributed by atoms with Crippen LogP contribution in [0.25, 0.3) is 0 Å². The van der Waals surface area contributed by atoms with Crippen LogP contribution in [0, 0.1) is 6.92 Å². The van der Waals surface area contributed by atoms with Gasteiger partial charge in [-0.05, 0) is 42.8 Å². The van der Waals surface area contributed by atoms with Crippen LogP contribution in [0.4, 0.5) is 10.5 Å². The number of methoxy groups -OCH3 is 1. The van der Waals surface area contributed by atoms with E-state index < -0.39 is 6.09 Å². The number of carbonyl (C=O) groups is 1. The van der Waals surface area contributed by atoms with Gasteiger partial charge in [-0.15, -0.1) is 0 Å². The zero-order valence-electron chi connectivity index (χ0n) is 10.8. The second kappa shape index (κ2) is 5.95. The Kier molecular flexibility index (Phi) is 4.07. The minimum atomic E-state index is -0.493. The number of anilines is 1. The van der Waals surface area contributed by atoms with Gasteiger partial charge in [0, 0.05) is 5.69 Å². The highest BCUT2D eigenvalue weighted by Gasteiger charge is 2.05. The molecule has 100 valence electrons. The molecule has 2 aromatic rings. The van der Waals surface area contributed by atoms with Crippen molar-refractivity contribution in [3.63, 3.8) is 0 Å². The lowest BCUT2D eigenvalue weighted by atomic mass is 10.2. The van der Waals surface area contributed by atoms with E-state index in [9.17, 15) is 4.79 Å². The van der Waals surface area contributed by atoms with Gasteiger partial charge in [0.2, 0.25) is 0 Å². The highest BCUT2D eigenvalue weighted by Crippen LogP contribution is 2.22. The van der Waals surface area contributed by atoms with Crippen molar-refractivity contribution >= 4 is 11.8 Å². The lowest BCUT2D eigenvalue weighted by Crippen LogP contribution is -2.11. The van der Waals surface area contributed by atoms with Gasteiger partial charge in [-0.2, -0.15) is 0 Å². The number of rotatable bonds is 4. The number of hydrogen-bond donors (Lipinski definition) is 1. The molecule has 1 N–H and O–H groups in total. The van der Waals surface area contributed by atoms with Crippen molar-refractivity contribution < 1.29 is 18.7 Å². The van der Waals surface area contributed by atoms with Crippen molar-refractivity contribution in [2.75, 3.05) is 12.4 Å². The first-order valence-electron chi connectivity index (χ1n) is 5.80. The predicted molar refractivity (Wildman–Crippen MR) is 70.2 cm³/mol. The molecule has 0 aliphatic heterocycles. The summed E-state index contributed by atoms with van der Waals surface area (Å²) in [5.41, 5.74) is 1.58. The largest absolute Gasteiger partial charge is 0.486 e. The molecule has 0 spiro atoms. The van der Waals surface area contributed by atoms with E-state index in [0.29, 0.717) is 18.0 Å². The van der Waals surface area contributed by atoms with Gasteiger partial charge in [-0.25, -0.2) is 4.79 Å². The van der Waals surface area contributed by atoms with Crippen LogP contribution in [-0.4, -0.2) is 13.2 Å². The third-order valence-corrected chi connectivity index (χ3v) is 2.58. The highest BCUT2D eigenvalue weighted by atomic mass is 16.5. The van der Waals surface area contributed by atoms with Crippen LogP contribution in [0.2, 0.25) is 0 Å². The first-order chi connectivity index (χ1) is 9.19. The number of benzene rings is 1. The van der Waals surface area contributed by atoms with Gasteiger partial charge >= 0.3 is 6.09 Å². The summed E-state index contributed by atoms with van der Waals surface area (Å²) in [6.07, 6.45) is 1.11. The Hall–Kier alpha value is -2.43. The number of ether oxygens (including phenoxy) is 2. The van der Waals surface area contributed by atoms with Crippen LogP contribution in [0.5, 0.6) is 5.75 Å². The summed E-state index contributed by atoms with van der Waals surface area (Å²) in [6.45, 7) is 2.25. The first-order valence-corrected chi connectivity index (χ1v) is 5.80. The summed E-state index contributed by atoms with van der Waals surface area (Å²) in [6, 6.07) is 9.05. The van der Waals surface area contributed by atoms with Crippen molar-refractivity contribution in [2.45, 2.75) is 13.5 Å². The molecule has 1 aromatic carbocycles. The summed E-state index contributed by atoms with van der Waals surface area (Å²) in [7, 11) is 1.32. The molecule has 1 amide bonds. The second-order valence-electron chi connectivity index (χ2n) is 3.96. The molecule has 0 saturated heterocycles. The topological polar surface area (TPSA) is 60.7 Å². The minimum absolute atomic E-state index is 0.371. The van der Waals surface area contributed by atoms with Crippen molar-refractivity contribution in [3.8, 4) is 5.75 Å². The fourth-order valence-corrected chi connectivity index (χ4v) is 1.58. The summed E-state index contributed by atoms with van der Waals surface area (Å²) in [5.74, 6) is 1.47. The Labute approximate surface area is 111 Å². The van der Waals surface area contributed by atoms with Gasteiger partial charge in [-0.3, -0.25) is 5.32 Å².